The SMILES string of the molecule is CC(C)(c1ccc(Oc2ccc(N)cc2)cc1)c1cccc(C(C)(C)c2ccc(Oc3ccc(N)cc3)cc2)c1. The molecule has 0 aliphatic heterocycles. The molecule has 0 atom stereocenters. The van der Waals surface area contributed by atoms with Crippen LogP contribution in [0.3, 0.4) is 0 Å². The van der Waals surface area contributed by atoms with Crippen LogP contribution in [0, 0.1) is 0 Å². The van der Waals surface area contributed by atoms with Gasteiger partial charge in [-0.1, -0.05) is 76.2 Å². The number of nitrogen functional groups attached to an aromatic ring is 2. The van der Waals surface area contributed by atoms with E-state index < -0.39 is 0 Å². The summed E-state index contributed by atoms with van der Waals surface area (Å²) in [5.41, 5.74) is 17.6. The Hall–Kier alpha value is -4.70. The molecular formula is C36H36N2O2. The highest BCUT2D eigenvalue weighted by Crippen LogP contribution is 2.38. The second kappa shape index (κ2) is 10.8. The van der Waals surface area contributed by atoms with Gasteiger partial charge < -0.3 is 20.9 Å². The first-order valence-corrected chi connectivity index (χ1v) is 13.5. The molecule has 5 rings (SSSR count). The van der Waals surface area contributed by atoms with Gasteiger partial charge in [-0.25, -0.2) is 0 Å². The van der Waals surface area contributed by atoms with Crippen molar-refractivity contribution < 1.29 is 9.47 Å². The average Bonchev–Trinajstić information content (AvgIpc) is 2.96. The summed E-state index contributed by atoms with van der Waals surface area (Å²) in [6.07, 6.45) is 0. The van der Waals surface area contributed by atoms with Crippen LogP contribution in [0.5, 0.6) is 23.0 Å². The second-order valence-electron chi connectivity index (χ2n) is 11.2. The molecular weight excluding hydrogens is 492 g/mol. The van der Waals surface area contributed by atoms with Gasteiger partial charge in [-0.05, 0) is 95.1 Å². The molecule has 4 nitrogen and oxygen atoms in total. The molecule has 0 amide bonds. The van der Waals surface area contributed by atoms with Gasteiger partial charge in [-0.15, -0.1) is 0 Å². The summed E-state index contributed by atoms with van der Waals surface area (Å²) in [6, 6.07) is 40.4. The van der Waals surface area contributed by atoms with Gasteiger partial charge in [0.1, 0.15) is 23.0 Å². The molecule has 0 aliphatic rings. The molecule has 4 N–H and O–H groups in total. The van der Waals surface area contributed by atoms with E-state index in [1.807, 2.05) is 72.8 Å². The van der Waals surface area contributed by atoms with E-state index in [-0.39, 0.29) is 10.8 Å². The normalized spacial score (nSPS) is 11.7. The summed E-state index contributed by atoms with van der Waals surface area (Å²) in [4.78, 5) is 0. The third kappa shape index (κ3) is 5.81. The van der Waals surface area contributed by atoms with Crippen LogP contribution in [-0.4, -0.2) is 0 Å². The van der Waals surface area contributed by atoms with Crippen LogP contribution in [0.4, 0.5) is 11.4 Å². The van der Waals surface area contributed by atoms with E-state index in [2.05, 4.69) is 76.2 Å². The number of benzene rings is 5. The molecule has 0 bridgehead atoms. The predicted octanol–water partition coefficient (Wildman–Crippen LogP) is 9.09. The van der Waals surface area contributed by atoms with Crippen LogP contribution < -0.4 is 20.9 Å². The Bertz CT molecular complexity index is 1450. The van der Waals surface area contributed by atoms with Crippen molar-refractivity contribution in [1.82, 2.24) is 0 Å². The van der Waals surface area contributed by atoms with Crippen molar-refractivity contribution in [2.75, 3.05) is 11.5 Å². The number of rotatable bonds is 8. The standard InChI is InChI=1S/C36H36N2O2/c1-35(2,25-8-16-31(17-9-25)39-33-20-12-29(37)13-21-33)27-6-5-7-28(24-27)36(3,4)26-10-18-32(19-11-26)40-34-22-14-30(38)15-23-34/h5-24H,37-38H2,1-4H3. The molecule has 4 heteroatoms. The minimum atomic E-state index is -0.192. The summed E-state index contributed by atoms with van der Waals surface area (Å²) in [5.74, 6) is 3.12. The Morgan fingerprint density at radius 1 is 0.400 bits per heavy atom. The predicted molar refractivity (Wildman–Crippen MR) is 165 cm³/mol. The third-order valence-corrected chi connectivity index (χ3v) is 7.69. The average molecular weight is 529 g/mol. The van der Waals surface area contributed by atoms with E-state index in [0.29, 0.717) is 0 Å². The van der Waals surface area contributed by atoms with E-state index in [9.17, 15) is 0 Å². The van der Waals surface area contributed by atoms with Crippen molar-refractivity contribution in [3.8, 4) is 23.0 Å². The van der Waals surface area contributed by atoms with Crippen molar-refractivity contribution in [1.29, 1.82) is 0 Å². The molecule has 0 aromatic heterocycles. The molecule has 0 saturated carbocycles. The van der Waals surface area contributed by atoms with Crippen molar-refractivity contribution in [2.24, 2.45) is 0 Å². The zero-order valence-electron chi connectivity index (χ0n) is 23.5. The maximum absolute atomic E-state index is 6.00. The largest absolute Gasteiger partial charge is 0.457 e. The number of anilines is 2. The molecule has 0 spiro atoms. The van der Waals surface area contributed by atoms with Crippen LogP contribution in [0.1, 0.15) is 49.9 Å². The lowest BCUT2D eigenvalue weighted by Gasteiger charge is -2.31. The Morgan fingerprint density at radius 2 is 0.700 bits per heavy atom. The molecule has 0 heterocycles. The summed E-state index contributed by atoms with van der Waals surface area (Å²) >= 11 is 0. The van der Waals surface area contributed by atoms with Gasteiger partial charge in [0, 0.05) is 22.2 Å². The zero-order valence-corrected chi connectivity index (χ0v) is 23.5. The molecule has 0 fully saturated rings. The van der Waals surface area contributed by atoms with Gasteiger partial charge in [0.15, 0.2) is 0 Å². The molecule has 0 radical (unpaired) electrons. The Balaban J connectivity index is 1.33. The lowest BCUT2D eigenvalue weighted by molar-refractivity contribution is 0.481. The first-order chi connectivity index (χ1) is 19.1. The first-order valence-electron chi connectivity index (χ1n) is 13.5. The van der Waals surface area contributed by atoms with E-state index in [4.69, 9.17) is 20.9 Å². The first kappa shape index (κ1) is 26.9. The highest BCUT2D eigenvalue weighted by molar-refractivity contribution is 5.48. The van der Waals surface area contributed by atoms with Gasteiger partial charge in [0.05, 0.1) is 0 Å². The van der Waals surface area contributed by atoms with Crippen LogP contribution in [0.25, 0.3) is 0 Å². The Kier molecular flexibility index (Phi) is 7.27. The van der Waals surface area contributed by atoms with E-state index in [1.165, 1.54) is 22.3 Å². The molecule has 5 aromatic rings. The van der Waals surface area contributed by atoms with Crippen LogP contribution in [0.15, 0.2) is 121 Å². The maximum Gasteiger partial charge on any atom is 0.127 e. The topological polar surface area (TPSA) is 70.5 Å². The lowest BCUT2D eigenvalue weighted by Crippen LogP contribution is -2.22. The molecule has 5 aromatic carbocycles. The molecule has 0 unspecified atom stereocenters. The number of ether oxygens (including phenoxy) is 2. The quantitative estimate of drug-likeness (QED) is 0.197. The van der Waals surface area contributed by atoms with Crippen LogP contribution in [-0.2, 0) is 10.8 Å². The van der Waals surface area contributed by atoms with E-state index >= 15 is 0 Å². The Labute approximate surface area is 237 Å². The zero-order chi connectivity index (χ0) is 28.3. The van der Waals surface area contributed by atoms with Gasteiger partial charge in [-0.3, -0.25) is 0 Å². The summed E-state index contributed by atoms with van der Waals surface area (Å²) in [6.45, 7) is 9.05. The highest BCUT2D eigenvalue weighted by Gasteiger charge is 2.28. The highest BCUT2D eigenvalue weighted by atomic mass is 16.5. The van der Waals surface area contributed by atoms with E-state index in [0.717, 1.165) is 34.4 Å². The second-order valence-corrected chi connectivity index (χ2v) is 11.2. The maximum atomic E-state index is 6.00. The van der Waals surface area contributed by atoms with Crippen LogP contribution in [0.2, 0.25) is 0 Å². The van der Waals surface area contributed by atoms with Gasteiger partial charge in [0.25, 0.3) is 0 Å². The fourth-order valence-corrected chi connectivity index (χ4v) is 4.85. The molecule has 0 aliphatic carbocycles. The fourth-order valence-electron chi connectivity index (χ4n) is 4.85. The number of hydrogen-bond donors (Lipinski definition) is 2. The molecule has 202 valence electrons. The molecule has 0 saturated heterocycles. The third-order valence-electron chi connectivity index (χ3n) is 7.69. The van der Waals surface area contributed by atoms with Gasteiger partial charge >= 0.3 is 0 Å². The van der Waals surface area contributed by atoms with Crippen LogP contribution >= 0.6 is 0 Å². The summed E-state index contributed by atoms with van der Waals surface area (Å²) < 4.78 is 12.0. The van der Waals surface area contributed by atoms with Gasteiger partial charge in [-0.2, -0.15) is 0 Å². The smallest absolute Gasteiger partial charge is 0.127 e. The number of hydrogen-bond acceptors (Lipinski definition) is 4. The monoisotopic (exact) mass is 528 g/mol. The van der Waals surface area contributed by atoms with Crippen molar-refractivity contribution in [2.45, 2.75) is 38.5 Å². The van der Waals surface area contributed by atoms with Gasteiger partial charge in [0.2, 0.25) is 0 Å². The summed E-state index contributed by atoms with van der Waals surface area (Å²) in [7, 11) is 0. The fraction of sp³-hybridized carbons (Fsp3) is 0.167. The van der Waals surface area contributed by atoms with Crippen molar-refractivity contribution in [3.05, 3.63) is 144 Å². The summed E-state index contributed by atoms with van der Waals surface area (Å²) in [5, 5.41) is 0. The number of nitrogens with two attached hydrogens (primary N) is 2. The van der Waals surface area contributed by atoms with E-state index in [1.54, 1.807) is 0 Å². The molecule has 40 heavy (non-hydrogen) atoms. The van der Waals surface area contributed by atoms with Crippen molar-refractivity contribution in [3.63, 3.8) is 0 Å². The Morgan fingerprint density at radius 3 is 1.02 bits per heavy atom. The minimum Gasteiger partial charge on any atom is -0.457 e. The lowest BCUT2D eigenvalue weighted by atomic mass is 9.73. The van der Waals surface area contributed by atoms with Crippen molar-refractivity contribution >= 4 is 11.4 Å². The minimum absolute atomic E-state index is 0.192.